The average Bonchev–Trinajstić information content (AvgIpc) is 3.10. The van der Waals surface area contributed by atoms with Gasteiger partial charge in [0, 0.05) is 35.9 Å². The Morgan fingerprint density at radius 1 is 1.20 bits per heavy atom. The van der Waals surface area contributed by atoms with E-state index in [1.54, 1.807) is 6.20 Å². The maximum atomic E-state index is 12.7. The number of carbonyl (C=O) groups excluding carboxylic acids is 1. The Labute approximate surface area is 175 Å². The van der Waals surface area contributed by atoms with E-state index in [0.717, 1.165) is 23.2 Å². The maximum absolute atomic E-state index is 12.7. The predicted octanol–water partition coefficient (Wildman–Crippen LogP) is 4.43. The number of hydrogen-bond donors (Lipinski definition) is 1. The molecule has 2 unspecified atom stereocenters. The van der Waals surface area contributed by atoms with E-state index in [1.165, 1.54) is 25.9 Å². The quantitative estimate of drug-likeness (QED) is 0.702. The van der Waals surface area contributed by atoms with Gasteiger partial charge in [-0.1, -0.05) is 18.2 Å². The topological polar surface area (TPSA) is 71.3 Å². The van der Waals surface area contributed by atoms with E-state index < -0.39 is 0 Å². The van der Waals surface area contributed by atoms with Crippen LogP contribution in [0.1, 0.15) is 20.7 Å². The van der Waals surface area contributed by atoms with Crippen LogP contribution in [0.25, 0.3) is 22.7 Å². The summed E-state index contributed by atoms with van der Waals surface area (Å²) in [6.07, 6.45) is 11.8. The van der Waals surface area contributed by atoms with E-state index in [-0.39, 0.29) is 12.9 Å². The van der Waals surface area contributed by atoms with Crippen LogP contribution in [-0.4, -0.2) is 39.4 Å². The van der Waals surface area contributed by atoms with Gasteiger partial charge >= 0.3 is 0 Å². The van der Waals surface area contributed by atoms with Gasteiger partial charge in [0.05, 0.1) is 0 Å². The number of amides is 1. The number of oxazole rings is 1. The van der Waals surface area contributed by atoms with Crippen LogP contribution in [0.4, 0.5) is 5.69 Å². The summed E-state index contributed by atoms with van der Waals surface area (Å²) >= 11 is 0. The molecule has 2 aliphatic carbocycles. The highest BCUT2D eigenvalue weighted by atomic mass is 16.3. The SMILES string of the molecule is O=C(Nc1ccc(-c2nc3ncccc3o2)cc1)C1=CC2CC2(N2CCCC2)C=C1.[HH]. The first-order chi connectivity index (χ1) is 14.7. The van der Waals surface area contributed by atoms with Crippen LogP contribution in [0.5, 0.6) is 0 Å². The van der Waals surface area contributed by atoms with Gasteiger partial charge in [-0.15, -0.1) is 0 Å². The molecule has 30 heavy (non-hydrogen) atoms. The third-order valence-corrected chi connectivity index (χ3v) is 6.47. The van der Waals surface area contributed by atoms with Crippen LogP contribution in [-0.2, 0) is 4.79 Å². The molecule has 6 heteroatoms. The lowest BCUT2D eigenvalue weighted by atomic mass is 10.0. The molecule has 2 fully saturated rings. The highest BCUT2D eigenvalue weighted by molar-refractivity contribution is 6.06. The molecule has 0 spiro atoms. The van der Waals surface area contributed by atoms with Crippen LogP contribution < -0.4 is 5.32 Å². The van der Waals surface area contributed by atoms with Gasteiger partial charge in [0.25, 0.3) is 5.91 Å². The summed E-state index contributed by atoms with van der Waals surface area (Å²) in [5, 5.41) is 3.00. The van der Waals surface area contributed by atoms with Crippen molar-refractivity contribution in [1.82, 2.24) is 14.9 Å². The Bertz CT molecular complexity index is 1160. The molecule has 1 N–H and O–H groups in total. The van der Waals surface area contributed by atoms with Crippen LogP contribution in [0.3, 0.4) is 0 Å². The number of nitrogens with one attached hydrogen (secondary N) is 1. The van der Waals surface area contributed by atoms with Crippen LogP contribution >= 0.6 is 0 Å². The monoisotopic (exact) mass is 400 g/mol. The maximum Gasteiger partial charge on any atom is 0.255 e. The summed E-state index contributed by atoms with van der Waals surface area (Å²) in [5.41, 5.74) is 3.78. The molecule has 1 saturated heterocycles. The van der Waals surface area contributed by atoms with E-state index in [4.69, 9.17) is 4.42 Å². The van der Waals surface area contributed by atoms with Gasteiger partial charge < -0.3 is 9.73 Å². The Morgan fingerprint density at radius 2 is 2.03 bits per heavy atom. The second-order valence-electron chi connectivity index (χ2n) is 8.33. The standard InChI is InChI=1S/C24H22N4O2.H2/c29-22(17-9-10-24(15-18(24)14-17)28-12-1-2-13-28)26-19-7-5-16(6-8-19)23-27-21-20(30-23)4-3-11-25-21;/h3-11,14,18H,1-2,12-13,15H2,(H,26,29);1H. The van der Waals surface area contributed by atoms with Crippen molar-refractivity contribution in [3.63, 3.8) is 0 Å². The first-order valence-corrected chi connectivity index (χ1v) is 10.5. The molecular weight excluding hydrogens is 376 g/mol. The number of hydrogen-bond acceptors (Lipinski definition) is 5. The number of likely N-dealkylation sites (tertiary alicyclic amines) is 1. The minimum absolute atomic E-state index is 0. The van der Waals surface area contributed by atoms with Crippen LogP contribution in [0.15, 0.2) is 70.8 Å². The number of nitrogens with zero attached hydrogens (tertiary/aromatic N) is 3. The fourth-order valence-corrected chi connectivity index (χ4v) is 4.74. The molecule has 3 heterocycles. The van der Waals surface area contributed by atoms with Gasteiger partial charge in [-0.2, -0.15) is 4.98 Å². The number of carbonyl (C=O) groups is 1. The first-order valence-electron chi connectivity index (χ1n) is 10.5. The molecular formula is C24H24N4O2. The van der Waals surface area contributed by atoms with Crippen LogP contribution in [0.2, 0.25) is 0 Å². The van der Waals surface area contributed by atoms with Gasteiger partial charge in [0.1, 0.15) is 0 Å². The molecule has 3 aliphatic rings. The summed E-state index contributed by atoms with van der Waals surface area (Å²) in [6.45, 7) is 2.36. The van der Waals surface area contributed by atoms with Gasteiger partial charge in [-0.05, 0) is 68.8 Å². The fourth-order valence-electron chi connectivity index (χ4n) is 4.74. The largest absolute Gasteiger partial charge is 0.434 e. The van der Waals surface area contributed by atoms with E-state index in [0.29, 0.717) is 23.0 Å². The van der Waals surface area contributed by atoms with Crippen molar-refractivity contribution in [1.29, 1.82) is 0 Å². The summed E-state index contributed by atoms with van der Waals surface area (Å²) < 4.78 is 5.76. The highest BCUT2D eigenvalue weighted by Crippen LogP contribution is 2.54. The average molecular weight is 400 g/mol. The Morgan fingerprint density at radius 3 is 2.80 bits per heavy atom. The molecule has 152 valence electrons. The molecule has 2 aromatic heterocycles. The molecule has 6 nitrogen and oxygen atoms in total. The predicted molar refractivity (Wildman–Crippen MR) is 117 cm³/mol. The van der Waals surface area contributed by atoms with Crippen molar-refractivity contribution < 1.29 is 10.6 Å². The fraction of sp³-hybridized carbons (Fsp3) is 0.292. The van der Waals surface area contributed by atoms with E-state index in [1.807, 2.05) is 42.5 Å². The summed E-state index contributed by atoms with van der Waals surface area (Å²) in [7, 11) is 0. The molecule has 1 saturated carbocycles. The molecule has 6 rings (SSSR count). The molecule has 0 radical (unpaired) electrons. The normalized spacial score (nSPS) is 25.2. The highest BCUT2D eigenvalue weighted by Gasteiger charge is 2.56. The second kappa shape index (κ2) is 6.64. The van der Waals surface area contributed by atoms with Crippen molar-refractivity contribution in [3.8, 4) is 11.5 Å². The van der Waals surface area contributed by atoms with Crippen molar-refractivity contribution >= 4 is 22.8 Å². The number of aromatic nitrogens is 2. The number of anilines is 1. The third kappa shape index (κ3) is 2.87. The van der Waals surface area contributed by atoms with Crippen molar-refractivity contribution in [2.45, 2.75) is 24.8 Å². The van der Waals surface area contributed by atoms with E-state index >= 15 is 0 Å². The van der Waals surface area contributed by atoms with Gasteiger partial charge in [-0.25, -0.2) is 4.98 Å². The summed E-state index contributed by atoms with van der Waals surface area (Å²) in [6, 6.07) is 11.2. The zero-order valence-electron chi connectivity index (χ0n) is 16.5. The summed E-state index contributed by atoms with van der Waals surface area (Å²) in [4.78, 5) is 23.9. The van der Waals surface area contributed by atoms with Crippen molar-refractivity contribution in [2.75, 3.05) is 18.4 Å². The minimum atomic E-state index is -0.0630. The first kappa shape index (κ1) is 17.6. The second-order valence-corrected chi connectivity index (χ2v) is 8.33. The molecule has 0 bridgehead atoms. The lowest BCUT2D eigenvalue weighted by molar-refractivity contribution is -0.112. The van der Waals surface area contributed by atoms with Gasteiger partial charge in [0.15, 0.2) is 11.2 Å². The minimum Gasteiger partial charge on any atom is -0.434 e. The van der Waals surface area contributed by atoms with Crippen molar-refractivity contribution in [3.05, 3.63) is 66.4 Å². The molecule has 1 aliphatic heterocycles. The van der Waals surface area contributed by atoms with Crippen LogP contribution in [0, 0.1) is 5.92 Å². The van der Waals surface area contributed by atoms with Gasteiger partial charge in [-0.3, -0.25) is 9.69 Å². The third-order valence-electron chi connectivity index (χ3n) is 6.47. The zero-order valence-corrected chi connectivity index (χ0v) is 16.5. The van der Waals surface area contributed by atoms with Gasteiger partial charge in [0.2, 0.25) is 5.89 Å². The molecule has 1 aromatic carbocycles. The smallest absolute Gasteiger partial charge is 0.255 e. The molecule has 1 amide bonds. The lowest BCUT2D eigenvalue weighted by Crippen LogP contribution is -2.36. The Kier molecular flexibility index (Phi) is 3.89. The summed E-state index contributed by atoms with van der Waals surface area (Å²) in [5.74, 6) is 0.926. The van der Waals surface area contributed by atoms with E-state index in [9.17, 15) is 4.79 Å². The Balaban J connectivity index is 0.00000204. The van der Waals surface area contributed by atoms with E-state index in [2.05, 4.69) is 32.3 Å². The number of benzene rings is 1. The Hall–Kier alpha value is -3.25. The molecule has 2 atom stereocenters. The molecule has 3 aromatic rings. The number of fused-ring (bicyclic) bond motifs is 2. The lowest BCUT2D eigenvalue weighted by Gasteiger charge is -2.27. The number of rotatable bonds is 4. The zero-order chi connectivity index (χ0) is 20.1. The number of pyridine rings is 1. The van der Waals surface area contributed by atoms with Crippen molar-refractivity contribution in [2.24, 2.45) is 5.92 Å².